The highest BCUT2D eigenvalue weighted by atomic mass is 32.2. The van der Waals surface area contributed by atoms with Crippen LogP contribution in [0, 0.1) is 11.3 Å². The van der Waals surface area contributed by atoms with E-state index in [9.17, 15) is 4.79 Å². The summed E-state index contributed by atoms with van der Waals surface area (Å²) in [5.74, 6) is 1.08. The van der Waals surface area contributed by atoms with Crippen molar-refractivity contribution in [1.82, 2.24) is 0 Å². The molecule has 0 atom stereocenters. The zero-order chi connectivity index (χ0) is 10.9. The molecular formula is C11H12N2OS. The van der Waals surface area contributed by atoms with Crippen molar-refractivity contribution in [1.29, 1.82) is 5.26 Å². The van der Waals surface area contributed by atoms with Crippen molar-refractivity contribution in [3.05, 3.63) is 30.3 Å². The third-order valence-corrected chi connectivity index (χ3v) is 2.61. The SMILES string of the molecule is N#CCCSCC(=O)Nc1ccccc1. The lowest BCUT2D eigenvalue weighted by Crippen LogP contribution is -2.14. The molecule has 0 aliphatic carbocycles. The summed E-state index contributed by atoms with van der Waals surface area (Å²) in [5.41, 5.74) is 0.809. The Kier molecular flexibility index (Phi) is 5.34. The molecule has 1 aromatic rings. The molecule has 0 saturated heterocycles. The standard InChI is InChI=1S/C11H12N2OS/c12-7-4-8-15-9-11(14)13-10-5-2-1-3-6-10/h1-3,5-6H,4,8-9H2,(H,13,14). The Morgan fingerprint density at radius 2 is 2.13 bits per heavy atom. The molecule has 0 spiro atoms. The second-order valence-corrected chi connectivity index (χ2v) is 3.98. The third kappa shape index (κ3) is 5.08. The van der Waals surface area contributed by atoms with Crippen LogP contribution in [0.15, 0.2) is 30.3 Å². The smallest absolute Gasteiger partial charge is 0.234 e. The predicted octanol–water partition coefficient (Wildman–Crippen LogP) is 2.27. The van der Waals surface area contributed by atoms with E-state index in [1.165, 1.54) is 11.8 Å². The number of rotatable bonds is 5. The van der Waals surface area contributed by atoms with Crippen LogP contribution in [-0.2, 0) is 4.79 Å². The molecule has 4 heteroatoms. The van der Waals surface area contributed by atoms with E-state index in [1.807, 2.05) is 36.4 Å². The summed E-state index contributed by atoms with van der Waals surface area (Å²) in [5, 5.41) is 11.1. The van der Waals surface area contributed by atoms with Gasteiger partial charge in [-0.05, 0) is 12.1 Å². The molecule has 0 unspecified atom stereocenters. The van der Waals surface area contributed by atoms with Gasteiger partial charge in [-0.3, -0.25) is 4.79 Å². The van der Waals surface area contributed by atoms with E-state index in [2.05, 4.69) is 5.32 Å². The van der Waals surface area contributed by atoms with E-state index in [-0.39, 0.29) is 5.91 Å². The highest BCUT2D eigenvalue weighted by molar-refractivity contribution is 7.99. The molecule has 0 heterocycles. The molecule has 15 heavy (non-hydrogen) atoms. The largest absolute Gasteiger partial charge is 0.325 e. The second-order valence-electron chi connectivity index (χ2n) is 2.87. The van der Waals surface area contributed by atoms with Crippen LogP contribution in [0.2, 0.25) is 0 Å². The van der Waals surface area contributed by atoms with Crippen LogP contribution in [0.1, 0.15) is 6.42 Å². The van der Waals surface area contributed by atoms with E-state index in [1.54, 1.807) is 0 Å². The fourth-order valence-corrected chi connectivity index (χ4v) is 1.64. The first kappa shape index (κ1) is 11.6. The molecule has 1 amide bonds. The second kappa shape index (κ2) is 6.91. The van der Waals surface area contributed by atoms with Gasteiger partial charge in [0.1, 0.15) is 0 Å². The number of anilines is 1. The number of nitrogens with zero attached hydrogens (tertiary/aromatic N) is 1. The van der Waals surface area contributed by atoms with Gasteiger partial charge in [0.25, 0.3) is 0 Å². The molecular weight excluding hydrogens is 208 g/mol. The molecule has 0 aliphatic rings. The van der Waals surface area contributed by atoms with E-state index in [4.69, 9.17) is 5.26 Å². The van der Waals surface area contributed by atoms with Crippen molar-refractivity contribution in [3.63, 3.8) is 0 Å². The number of carbonyl (C=O) groups excluding carboxylic acids is 1. The summed E-state index contributed by atoms with van der Waals surface area (Å²) < 4.78 is 0. The van der Waals surface area contributed by atoms with Crippen molar-refractivity contribution >= 4 is 23.4 Å². The summed E-state index contributed by atoms with van der Waals surface area (Å²) in [6.45, 7) is 0. The van der Waals surface area contributed by atoms with E-state index >= 15 is 0 Å². The summed E-state index contributed by atoms with van der Waals surface area (Å²) in [6, 6.07) is 11.4. The fraction of sp³-hybridized carbons (Fsp3) is 0.273. The zero-order valence-corrected chi connectivity index (χ0v) is 9.09. The highest BCUT2D eigenvalue weighted by Crippen LogP contribution is 2.07. The molecule has 78 valence electrons. The van der Waals surface area contributed by atoms with Crippen LogP contribution in [0.5, 0.6) is 0 Å². The summed E-state index contributed by atoms with van der Waals surface area (Å²) in [4.78, 5) is 11.4. The number of nitrogens with one attached hydrogen (secondary N) is 1. The Morgan fingerprint density at radius 1 is 1.40 bits per heavy atom. The minimum absolute atomic E-state index is 0.0239. The first-order valence-corrected chi connectivity index (χ1v) is 5.78. The van der Waals surface area contributed by atoms with Gasteiger partial charge in [-0.2, -0.15) is 17.0 Å². The molecule has 0 aromatic heterocycles. The molecule has 0 fully saturated rings. The zero-order valence-electron chi connectivity index (χ0n) is 8.27. The van der Waals surface area contributed by atoms with Gasteiger partial charge in [-0.15, -0.1) is 0 Å². The third-order valence-electron chi connectivity index (χ3n) is 1.65. The molecule has 0 aliphatic heterocycles. The van der Waals surface area contributed by atoms with Crippen molar-refractivity contribution < 1.29 is 4.79 Å². The average Bonchev–Trinajstić information content (AvgIpc) is 2.26. The Balaban J connectivity index is 2.22. The maximum Gasteiger partial charge on any atom is 0.234 e. The molecule has 3 nitrogen and oxygen atoms in total. The topological polar surface area (TPSA) is 52.9 Å². The molecule has 1 N–H and O–H groups in total. The predicted molar refractivity (Wildman–Crippen MR) is 62.6 cm³/mol. The van der Waals surface area contributed by atoms with Crippen LogP contribution in [0.3, 0.4) is 0 Å². The van der Waals surface area contributed by atoms with Gasteiger partial charge in [0, 0.05) is 17.9 Å². The highest BCUT2D eigenvalue weighted by Gasteiger charge is 2.01. The first-order chi connectivity index (χ1) is 7.33. The summed E-state index contributed by atoms with van der Waals surface area (Å²) >= 11 is 1.47. The van der Waals surface area contributed by atoms with Gasteiger partial charge in [0.05, 0.1) is 11.8 Å². The van der Waals surface area contributed by atoms with Gasteiger partial charge >= 0.3 is 0 Å². The van der Waals surface area contributed by atoms with Gasteiger partial charge < -0.3 is 5.32 Å². The van der Waals surface area contributed by atoms with Gasteiger partial charge in [0.15, 0.2) is 0 Å². The first-order valence-electron chi connectivity index (χ1n) is 4.62. The number of hydrogen-bond acceptors (Lipinski definition) is 3. The molecule has 0 bridgehead atoms. The number of amides is 1. The Bertz CT molecular complexity index is 345. The monoisotopic (exact) mass is 220 g/mol. The minimum atomic E-state index is -0.0239. The average molecular weight is 220 g/mol. The number of para-hydroxylation sites is 1. The van der Waals surface area contributed by atoms with E-state index in [0.717, 1.165) is 5.69 Å². The van der Waals surface area contributed by atoms with Crippen molar-refractivity contribution in [2.24, 2.45) is 0 Å². The minimum Gasteiger partial charge on any atom is -0.325 e. The van der Waals surface area contributed by atoms with Crippen molar-refractivity contribution in [2.75, 3.05) is 16.8 Å². The lowest BCUT2D eigenvalue weighted by atomic mass is 10.3. The van der Waals surface area contributed by atoms with Crippen LogP contribution >= 0.6 is 11.8 Å². The molecule has 0 radical (unpaired) electrons. The lowest BCUT2D eigenvalue weighted by Gasteiger charge is -2.03. The number of hydrogen-bond donors (Lipinski definition) is 1. The molecule has 0 saturated carbocycles. The van der Waals surface area contributed by atoms with Crippen molar-refractivity contribution in [2.45, 2.75) is 6.42 Å². The quantitative estimate of drug-likeness (QED) is 0.774. The Labute approximate surface area is 93.5 Å². The summed E-state index contributed by atoms with van der Waals surface area (Å²) in [7, 11) is 0. The number of thioether (sulfide) groups is 1. The number of benzene rings is 1. The number of nitriles is 1. The van der Waals surface area contributed by atoms with E-state index < -0.39 is 0 Å². The van der Waals surface area contributed by atoms with Crippen LogP contribution in [0.25, 0.3) is 0 Å². The van der Waals surface area contributed by atoms with Crippen LogP contribution < -0.4 is 5.32 Å². The summed E-state index contributed by atoms with van der Waals surface area (Å²) in [6.07, 6.45) is 0.489. The van der Waals surface area contributed by atoms with Gasteiger partial charge in [0.2, 0.25) is 5.91 Å². The molecule has 1 aromatic carbocycles. The van der Waals surface area contributed by atoms with Crippen LogP contribution in [0.4, 0.5) is 5.69 Å². The van der Waals surface area contributed by atoms with Gasteiger partial charge in [-0.25, -0.2) is 0 Å². The van der Waals surface area contributed by atoms with Crippen LogP contribution in [-0.4, -0.2) is 17.4 Å². The fourth-order valence-electron chi connectivity index (χ4n) is 1.00. The van der Waals surface area contributed by atoms with Crippen molar-refractivity contribution in [3.8, 4) is 6.07 Å². The molecule has 1 rings (SSSR count). The maximum absolute atomic E-state index is 11.4. The van der Waals surface area contributed by atoms with E-state index in [0.29, 0.717) is 17.9 Å². The lowest BCUT2D eigenvalue weighted by molar-refractivity contribution is -0.113. The Hall–Kier alpha value is -1.47. The Morgan fingerprint density at radius 3 is 2.80 bits per heavy atom. The maximum atomic E-state index is 11.4. The normalized spacial score (nSPS) is 9.27. The number of carbonyl (C=O) groups is 1. The van der Waals surface area contributed by atoms with Gasteiger partial charge in [-0.1, -0.05) is 18.2 Å².